The Morgan fingerprint density at radius 2 is 1.97 bits per heavy atom. The van der Waals surface area contributed by atoms with Crippen molar-refractivity contribution in [2.24, 2.45) is 0 Å². The molecule has 1 aromatic carbocycles. The van der Waals surface area contributed by atoms with Crippen LogP contribution in [0.1, 0.15) is 47.2 Å². The molecule has 8 nitrogen and oxygen atoms in total. The van der Waals surface area contributed by atoms with Crippen LogP contribution in [-0.2, 0) is 6.61 Å². The number of likely N-dealkylation sites (tertiary alicyclic amines) is 1. The molecule has 2 heterocycles. The Labute approximate surface area is 201 Å². The number of halogens is 2. The monoisotopic (exact) mass is 500 g/mol. The van der Waals surface area contributed by atoms with Gasteiger partial charge in [-0.2, -0.15) is 4.37 Å². The van der Waals surface area contributed by atoms with Gasteiger partial charge in [-0.1, -0.05) is 35.3 Å². The van der Waals surface area contributed by atoms with Crippen molar-refractivity contribution >= 4 is 51.7 Å². The summed E-state index contributed by atoms with van der Waals surface area (Å²) in [5.74, 6) is -1.33. The first-order valence-electron chi connectivity index (χ1n) is 10.4. The number of carboxylic acid groups (broad SMARTS) is 1. The number of nitrogens with one attached hydrogen (secondary N) is 2. The molecule has 0 spiro atoms. The number of hydrogen-bond donors (Lipinski definition) is 3. The van der Waals surface area contributed by atoms with Crippen molar-refractivity contribution < 1.29 is 19.4 Å². The highest BCUT2D eigenvalue weighted by molar-refractivity contribution is 7.11. The number of anilines is 1. The minimum absolute atomic E-state index is 0.00843. The van der Waals surface area contributed by atoms with E-state index >= 15 is 0 Å². The average Bonchev–Trinajstić information content (AvgIpc) is 3.41. The van der Waals surface area contributed by atoms with Crippen LogP contribution in [0.4, 0.5) is 9.80 Å². The number of carboxylic acids is 1. The number of unbranched alkanes of at least 4 members (excludes halogenated alkanes) is 1. The van der Waals surface area contributed by atoms with Crippen LogP contribution < -0.4 is 15.4 Å². The van der Waals surface area contributed by atoms with Crippen molar-refractivity contribution in [3.8, 4) is 5.88 Å². The topological polar surface area (TPSA) is 104 Å². The quantitative estimate of drug-likeness (QED) is 0.395. The highest BCUT2D eigenvalue weighted by Gasteiger charge is 2.24. The van der Waals surface area contributed by atoms with Gasteiger partial charge < -0.3 is 20.1 Å². The number of amides is 2. The smallest absolute Gasteiger partial charge is 0.344 e. The number of benzene rings is 1. The van der Waals surface area contributed by atoms with Crippen molar-refractivity contribution in [3.63, 3.8) is 0 Å². The van der Waals surface area contributed by atoms with Crippen molar-refractivity contribution in [1.29, 1.82) is 0 Å². The normalized spacial score (nSPS) is 13.8. The first-order valence-corrected chi connectivity index (χ1v) is 12.0. The Balaban J connectivity index is 1.52. The van der Waals surface area contributed by atoms with Crippen molar-refractivity contribution in [2.75, 3.05) is 31.5 Å². The summed E-state index contributed by atoms with van der Waals surface area (Å²) in [6.07, 6.45) is 4.38. The molecule has 0 aliphatic carbocycles. The standard InChI is InChI=1S/C21H26Cl2N4O4S/c1-13-6-7-14(17(23)16(13)22)12-31-18-15(20(28)29)19(32-26-18)25-21(30)24-8-2-3-9-27-10-4-5-11-27/h6-7H,2-5,8-12H2,1H3,(H,28,29)(H2,24,25,30). The van der Waals surface area contributed by atoms with E-state index in [1.807, 2.05) is 6.92 Å². The zero-order valence-electron chi connectivity index (χ0n) is 17.7. The van der Waals surface area contributed by atoms with Crippen LogP contribution in [0.2, 0.25) is 10.0 Å². The highest BCUT2D eigenvalue weighted by atomic mass is 35.5. The number of urea groups is 1. The maximum atomic E-state index is 12.2. The Morgan fingerprint density at radius 1 is 1.22 bits per heavy atom. The second kappa shape index (κ2) is 11.7. The van der Waals surface area contributed by atoms with Crippen LogP contribution in [-0.4, -0.2) is 52.6 Å². The van der Waals surface area contributed by atoms with Crippen LogP contribution in [0.15, 0.2) is 12.1 Å². The summed E-state index contributed by atoms with van der Waals surface area (Å²) >= 11 is 13.2. The third-order valence-corrected chi connectivity index (χ3v) is 6.97. The van der Waals surface area contributed by atoms with Gasteiger partial charge in [0.2, 0.25) is 5.88 Å². The number of aromatic nitrogens is 1. The molecular formula is C21H26Cl2N4O4S. The van der Waals surface area contributed by atoms with Crippen LogP contribution in [0.5, 0.6) is 5.88 Å². The number of rotatable bonds is 10. The first-order chi connectivity index (χ1) is 15.4. The van der Waals surface area contributed by atoms with Gasteiger partial charge in [0.05, 0.1) is 10.0 Å². The number of aryl methyl sites for hydroxylation is 1. The molecule has 1 fully saturated rings. The third kappa shape index (κ3) is 6.48. The van der Waals surface area contributed by atoms with Gasteiger partial charge in [0.15, 0.2) is 5.56 Å². The zero-order chi connectivity index (χ0) is 23.1. The molecule has 1 aliphatic heterocycles. The number of aromatic carboxylic acids is 1. The fourth-order valence-corrected chi connectivity index (χ4v) is 4.58. The van der Waals surface area contributed by atoms with Crippen molar-refractivity contribution in [2.45, 2.75) is 39.2 Å². The Bertz CT molecular complexity index is 964. The Kier molecular flexibility index (Phi) is 8.98. The van der Waals surface area contributed by atoms with E-state index in [-0.39, 0.29) is 23.1 Å². The molecule has 11 heteroatoms. The van der Waals surface area contributed by atoms with E-state index in [1.165, 1.54) is 12.8 Å². The molecule has 0 atom stereocenters. The maximum absolute atomic E-state index is 12.2. The highest BCUT2D eigenvalue weighted by Crippen LogP contribution is 2.33. The molecule has 32 heavy (non-hydrogen) atoms. The first kappa shape index (κ1) is 24.6. The summed E-state index contributed by atoms with van der Waals surface area (Å²) in [6.45, 7) is 5.69. The zero-order valence-corrected chi connectivity index (χ0v) is 20.1. The minimum atomic E-state index is -1.25. The lowest BCUT2D eigenvalue weighted by atomic mass is 10.1. The molecule has 0 radical (unpaired) electrons. The number of carbonyl (C=O) groups excluding carboxylic acids is 1. The van der Waals surface area contributed by atoms with Crippen LogP contribution in [0.3, 0.4) is 0 Å². The van der Waals surface area contributed by atoms with Crippen LogP contribution in [0, 0.1) is 6.92 Å². The van der Waals surface area contributed by atoms with E-state index in [0.717, 1.165) is 49.6 Å². The van der Waals surface area contributed by atoms with Gasteiger partial charge in [-0.05, 0) is 69.3 Å². The fraction of sp³-hybridized carbons (Fsp3) is 0.476. The SMILES string of the molecule is Cc1ccc(COc2nsc(NC(=O)NCCCCN3CCCC3)c2C(=O)O)c(Cl)c1Cl. The van der Waals surface area contributed by atoms with Crippen LogP contribution >= 0.6 is 34.7 Å². The van der Waals surface area contributed by atoms with E-state index < -0.39 is 12.0 Å². The molecule has 174 valence electrons. The van der Waals surface area contributed by atoms with Gasteiger partial charge in [-0.3, -0.25) is 5.32 Å². The predicted molar refractivity (Wildman–Crippen MR) is 127 cm³/mol. The largest absolute Gasteiger partial charge is 0.477 e. The fourth-order valence-electron chi connectivity index (χ4n) is 3.41. The molecule has 0 bridgehead atoms. The Morgan fingerprint density at radius 3 is 2.69 bits per heavy atom. The molecule has 2 aromatic rings. The molecule has 3 N–H and O–H groups in total. The number of nitrogens with zero attached hydrogens (tertiary/aromatic N) is 2. The molecular weight excluding hydrogens is 475 g/mol. The number of hydrogen-bond acceptors (Lipinski definition) is 6. The van der Waals surface area contributed by atoms with Crippen LogP contribution in [0.25, 0.3) is 0 Å². The Hall–Kier alpha value is -2.07. The van der Waals surface area contributed by atoms with E-state index in [2.05, 4.69) is 19.9 Å². The summed E-state index contributed by atoms with van der Waals surface area (Å²) in [7, 11) is 0. The molecule has 1 aliphatic rings. The number of carbonyl (C=O) groups is 2. The van der Waals surface area contributed by atoms with E-state index in [0.29, 0.717) is 22.2 Å². The van der Waals surface area contributed by atoms with Gasteiger partial charge in [0.25, 0.3) is 0 Å². The maximum Gasteiger partial charge on any atom is 0.344 e. The summed E-state index contributed by atoms with van der Waals surface area (Å²) in [5, 5.41) is 15.8. The lowest BCUT2D eigenvalue weighted by Gasteiger charge is -2.14. The van der Waals surface area contributed by atoms with Gasteiger partial charge in [0, 0.05) is 12.1 Å². The lowest BCUT2D eigenvalue weighted by molar-refractivity contribution is 0.0693. The second-order valence-electron chi connectivity index (χ2n) is 7.59. The summed E-state index contributed by atoms with van der Waals surface area (Å²) in [4.78, 5) is 26.4. The number of ether oxygens (including phenoxy) is 1. The van der Waals surface area contributed by atoms with Crippen molar-refractivity contribution in [1.82, 2.24) is 14.6 Å². The van der Waals surface area contributed by atoms with Gasteiger partial charge >= 0.3 is 12.0 Å². The molecule has 1 saturated heterocycles. The average molecular weight is 501 g/mol. The van der Waals surface area contributed by atoms with Crippen molar-refractivity contribution in [3.05, 3.63) is 38.9 Å². The van der Waals surface area contributed by atoms with Gasteiger partial charge in [-0.15, -0.1) is 0 Å². The van der Waals surface area contributed by atoms with E-state index in [4.69, 9.17) is 27.9 Å². The molecule has 0 unspecified atom stereocenters. The minimum Gasteiger partial charge on any atom is -0.477 e. The predicted octanol–water partition coefficient (Wildman–Crippen LogP) is 5.03. The summed E-state index contributed by atoms with van der Waals surface area (Å²) in [6, 6.07) is 3.08. The molecule has 1 aromatic heterocycles. The van der Waals surface area contributed by atoms with Gasteiger partial charge in [0.1, 0.15) is 11.6 Å². The summed E-state index contributed by atoms with van der Waals surface area (Å²) in [5.41, 5.74) is 1.23. The third-order valence-electron chi connectivity index (χ3n) is 5.21. The van der Waals surface area contributed by atoms with Gasteiger partial charge in [-0.25, -0.2) is 9.59 Å². The molecule has 0 saturated carbocycles. The molecule has 3 rings (SSSR count). The molecule has 2 amide bonds. The van der Waals surface area contributed by atoms with E-state index in [1.54, 1.807) is 12.1 Å². The summed E-state index contributed by atoms with van der Waals surface area (Å²) < 4.78 is 9.63. The van der Waals surface area contributed by atoms with E-state index in [9.17, 15) is 14.7 Å². The second-order valence-corrected chi connectivity index (χ2v) is 9.12. The lowest BCUT2D eigenvalue weighted by Crippen LogP contribution is -2.30.